The molecular weight excluding hydrogens is 324 g/mol. The lowest BCUT2D eigenvalue weighted by Gasteiger charge is -2.33. The maximum absolute atomic E-state index is 12.2. The number of aliphatic carboxylic acids is 1. The lowest BCUT2D eigenvalue weighted by atomic mass is 9.95. The third-order valence-corrected chi connectivity index (χ3v) is 4.27. The predicted molar refractivity (Wildman–Crippen MR) is 91.1 cm³/mol. The average molecular weight is 348 g/mol. The van der Waals surface area contributed by atoms with Crippen LogP contribution in [0.3, 0.4) is 0 Å². The van der Waals surface area contributed by atoms with Gasteiger partial charge < -0.3 is 19.6 Å². The Morgan fingerprint density at radius 2 is 1.84 bits per heavy atom. The van der Waals surface area contributed by atoms with Crippen LogP contribution in [-0.4, -0.2) is 66.0 Å². The van der Waals surface area contributed by atoms with Crippen LogP contribution in [0.5, 0.6) is 5.75 Å². The fourth-order valence-corrected chi connectivity index (χ4v) is 2.90. The Kier molecular flexibility index (Phi) is 6.80. The zero-order valence-electron chi connectivity index (χ0n) is 14.4. The zero-order valence-corrected chi connectivity index (χ0v) is 14.4. The van der Waals surface area contributed by atoms with Crippen LogP contribution in [0.2, 0.25) is 0 Å². The number of nitrogens with zero attached hydrogens (tertiary/aromatic N) is 2. The molecule has 136 valence electrons. The molecule has 0 radical (unpaired) electrons. The molecule has 0 aliphatic carbocycles. The Bertz CT molecular complexity index is 597. The monoisotopic (exact) mass is 348 g/mol. The maximum Gasteiger partial charge on any atom is 0.323 e. The van der Waals surface area contributed by atoms with Gasteiger partial charge in [0.1, 0.15) is 12.3 Å². The van der Waals surface area contributed by atoms with E-state index in [4.69, 9.17) is 9.84 Å². The molecule has 2 rings (SSSR count). The number of hydrogen-bond acceptors (Lipinski definition) is 4. The minimum absolute atomic E-state index is 0.0146. The number of carboxylic acids is 1. The van der Waals surface area contributed by atoms with Gasteiger partial charge in [0.05, 0.1) is 13.0 Å². The summed E-state index contributed by atoms with van der Waals surface area (Å²) in [6.07, 6.45) is 1.43. The number of carboxylic acid groups (broad SMARTS) is 1. The van der Waals surface area contributed by atoms with Crippen LogP contribution in [-0.2, 0) is 14.4 Å². The number of hydrogen-bond donors (Lipinski definition) is 1. The van der Waals surface area contributed by atoms with Gasteiger partial charge in [0.25, 0.3) is 0 Å². The number of piperidine rings is 1. The number of carbonyl (C=O) groups is 3. The number of carbonyl (C=O) groups excluding carboxylic acids is 2. The summed E-state index contributed by atoms with van der Waals surface area (Å²) >= 11 is 0. The summed E-state index contributed by atoms with van der Waals surface area (Å²) in [4.78, 5) is 38.1. The van der Waals surface area contributed by atoms with Crippen molar-refractivity contribution in [3.8, 4) is 5.75 Å². The summed E-state index contributed by atoms with van der Waals surface area (Å²) < 4.78 is 5.53. The molecule has 7 nitrogen and oxygen atoms in total. The lowest BCUT2D eigenvalue weighted by molar-refractivity contribution is -0.146. The molecule has 1 aromatic rings. The normalized spacial score (nSPS) is 14.8. The largest absolute Gasteiger partial charge is 0.493 e. The minimum atomic E-state index is -1.03. The maximum atomic E-state index is 12.2. The Labute approximate surface area is 147 Å². The van der Waals surface area contributed by atoms with Crippen LogP contribution in [0.1, 0.15) is 19.3 Å². The van der Waals surface area contributed by atoms with E-state index in [1.807, 2.05) is 30.3 Å². The average Bonchev–Trinajstić information content (AvgIpc) is 2.61. The lowest BCUT2D eigenvalue weighted by Crippen LogP contribution is -2.44. The zero-order chi connectivity index (χ0) is 18.2. The second-order valence-electron chi connectivity index (χ2n) is 6.15. The smallest absolute Gasteiger partial charge is 0.323 e. The van der Waals surface area contributed by atoms with Gasteiger partial charge in [-0.15, -0.1) is 0 Å². The fourth-order valence-electron chi connectivity index (χ4n) is 2.90. The summed E-state index contributed by atoms with van der Waals surface area (Å²) in [6.45, 7) is 1.06. The van der Waals surface area contributed by atoms with Gasteiger partial charge in [-0.1, -0.05) is 18.2 Å². The number of amides is 2. The summed E-state index contributed by atoms with van der Waals surface area (Å²) in [5.41, 5.74) is 0. The molecule has 0 atom stereocenters. The molecule has 0 unspecified atom stereocenters. The first-order valence-electron chi connectivity index (χ1n) is 8.39. The molecule has 0 spiro atoms. The molecule has 25 heavy (non-hydrogen) atoms. The van der Waals surface area contributed by atoms with E-state index in [0.29, 0.717) is 39.0 Å². The number of ether oxygens (including phenoxy) is 1. The first-order chi connectivity index (χ1) is 12.0. The van der Waals surface area contributed by atoms with E-state index in [2.05, 4.69) is 0 Å². The third-order valence-electron chi connectivity index (χ3n) is 4.27. The van der Waals surface area contributed by atoms with Crippen LogP contribution in [0.25, 0.3) is 0 Å². The quantitative estimate of drug-likeness (QED) is 0.801. The summed E-state index contributed by atoms with van der Waals surface area (Å²) in [6, 6.07) is 9.34. The highest BCUT2D eigenvalue weighted by atomic mass is 16.5. The van der Waals surface area contributed by atoms with Crippen molar-refractivity contribution in [1.82, 2.24) is 9.80 Å². The van der Waals surface area contributed by atoms with Crippen LogP contribution < -0.4 is 4.74 Å². The molecular formula is C18H24N2O5. The van der Waals surface area contributed by atoms with Gasteiger partial charge in [0, 0.05) is 26.1 Å². The van der Waals surface area contributed by atoms with Gasteiger partial charge in [-0.2, -0.15) is 0 Å². The van der Waals surface area contributed by atoms with Crippen LogP contribution >= 0.6 is 0 Å². The molecule has 0 aromatic heterocycles. The summed E-state index contributed by atoms with van der Waals surface area (Å²) in [5, 5.41) is 8.75. The van der Waals surface area contributed by atoms with Crippen molar-refractivity contribution >= 4 is 17.8 Å². The number of likely N-dealkylation sites (N-methyl/N-ethyl adjacent to an activating group) is 1. The van der Waals surface area contributed by atoms with Crippen molar-refractivity contribution in [2.24, 2.45) is 5.92 Å². The molecule has 1 fully saturated rings. The second-order valence-corrected chi connectivity index (χ2v) is 6.15. The number of para-hydroxylation sites is 1. The number of rotatable bonds is 7. The first kappa shape index (κ1) is 18.8. The standard InChI is InChI=1S/C18H24N2O5/c1-19(13-17(22)23)18(24)14-7-10-20(11-8-14)16(21)9-12-25-15-5-3-2-4-6-15/h2-6,14H,7-13H2,1H3,(H,22,23). The molecule has 0 bridgehead atoms. The molecule has 0 saturated carbocycles. The van der Waals surface area contributed by atoms with E-state index in [-0.39, 0.29) is 24.3 Å². The molecule has 1 aliphatic rings. The highest BCUT2D eigenvalue weighted by molar-refractivity contribution is 5.83. The molecule has 1 aromatic carbocycles. The Hall–Kier alpha value is -2.57. The SMILES string of the molecule is CN(CC(=O)O)C(=O)C1CCN(C(=O)CCOc2ccccc2)CC1. The number of benzene rings is 1. The van der Waals surface area contributed by atoms with Gasteiger partial charge in [-0.3, -0.25) is 14.4 Å². The van der Waals surface area contributed by atoms with Crippen LogP contribution in [0, 0.1) is 5.92 Å². The van der Waals surface area contributed by atoms with Crippen molar-refractivity contribution in [3.63, 3.8) is 0 Å². The predicted octanol–water partition coefficient (Wildman–Crippen LogP) is 1.24. The minimum Gasteiger partial charge on any atom is -0.493 e. The summed E-state index contributed by atoms with van der Waals surface area (Å²) in [5.74, 6) is -0.653. The van der Waals surface area contributed by atoms with Gasteiger partial charge in [-0.05, 0) is 25.0 Å². The van der Waals surface area contributed by atoms with Crippen LogP contribution in [0.4, 0.5) is 0 Å². The van der Waals surface area contributed by atoms with Crippen molar-refractivity contribution in [1.29, 1.82) is 0 Å². The topological polar surface area (TPSA) is 87.2 Å². The molecule has 1 heterocycles. The Morgan fingerprint density at radius 3 is 2.44 bits per heavy atom. The van der Waals surface area contributed by atoms with Crippen LogP contribution in [0.15, 0.2) is 30.3 Å². The van der Waals surface area contributed by atoms with E-state index >= 15 is 0 Å². The van der Waals surface area contributed by atoms with Crippen molar-refractivity contribution in [2.45, 2.75) is 19.3 Å². The molecule has 7 heteroatoms. The highest BCUT2D eigenvalue weighted by Crippen LogP contribution is 2.20. The molecule has 1 N–H and O–H groups in total. The van der Waals surface area contributed by atoms with E-state index in [0.717, 1.165) is 5.75 Å². The van der Waals surface area contributed by atoms with Crippen molar-refractivity contribution in [2.75, 3.05) is 33.3 Å². The molecule has 1 aliphatic heterocycles. The molecule has 1 saturated heterocycles. The van der Waals surface area contributed by atoms with E-state index in [9.17, 15) is 14.4 Å². The van der Waals surface area contributed by atoms with Gasteiger partial charge in [0.15, 0.2) is 0 Å². The summed E-state index contributed by atoms with van der Waals surface area (Å²) in [7, 11) is 1.49. The highest BCUT2D eigenvalue weighted by Gasteiger charge is 2.29. The van der Waals surface area contributed by atoms with E-state index < -0.39 is 5.97 Å². The Morgan fingerprint density at radius 1 is 1.20 bits per heavy atom. The van der Waals surface area contributed by atoms with E-state index in [1.165, 1.54) is 11.9 Å². The third kappa shape index (κ3) is 5.77. The first-order valence-corrected chi connectivity index (χ1v) is 8.39. The second kappa shape index (κ2) is 9.05. The van der Waals surface area contributed by atoms with Crippen molar-refractivity contribution < 1.29 is 24.2 Å². The Balaban J connectivity index is 1.71. The fraction of sp³-hybridized carbons (Fsp3) is 0.500. The van der Waals surface area contributed by atoms with Gasteiger partial charge in [-0.25, -0.2) is 0 Å². The molecule has 2 amide bonds. The number of likely N-dealkylation sites (tertiary alicyclic amines) is 1. The van der Waals surface area contributed by atoms with Gasteiger partial charge in [0.2, 0.25) is 11.8 Å². The van der Waals surface area contributed by atoms with E-state index in [1.54, 1.807) is 4.90 Å². The van der Waals surface area contributed by atoms with Crippen molar-refractivity contribution in [3.05, 3.63) is 30.3 Å². The van der Waals surface area contributed by atoms with Gasteiger partial charge >= 0.3 is 5.97 Å².